The molecule has 30 heteroatoms. The fourth-order valence-electron chi connectivity index (χ4n) is 9.90. The molecule has 4 fully saturated rings. The fourth-order valence-corrected chi connectivity index (χ4v) is 10.2. The summed E-state index contributed by atoms with van der Waals surface area (Å²) < 4.78 is 3.05. The molecule has 0 spiro atoms. The zero-order valence-corrected chi connectivity index (χ0v) is 67.2. The van der Waals surface area contributed by atoms with Crippen LogP contribution < -0.4 is 72.7 Å². The first kappa shape index (κ1) is 97.3. The van der Waals surface area contributed by atoms with Crippen LogP contribution in [0.1, 0.15) is 146 Å². The summed E-state index contributed by atoms with van der Waals surface area (Å²) in [6.45, 7) is 26.2. The summed E-state index contributed by atoms with van der Waals surface area (Å²) in [5.74, 6) is 7.12. The van der Waals surface area contributed by atoms with Gasteiger partial charge in [0.15, 0.2) is 0 Å². The molecule has 0 aliphatic carbocycles. The van der Waals surface area contributed by atoms with Crippen LogP contribution >= 0.6 is 15.9 Å². The molecule has 4 saturated heterocycles. The number of imide groups is 4. The first-order valence-electron chi connectivity index (χ1n) is 32.8. The van der Waals surface area contributed by atoms with E-state index in [1.807, 2.05) is 61.3 Å². The molecule has 4 aliphatic rings. The third-order valence-corrected chi connectivity index (χ3v) is 16.3. The maximum atomic E-state index is 12.0. The first-order valence-corrected chi connectivity index (χ1v) is 34.0. The van der Waals surface area contributed by atoms with Gasteiger partial charge >= 0.3 is 75.5 Å². The molecule has 12 amide bonds. The number of quaternary nitrogens is 4. The number of halogens is 1. The second-order valence-corrected chi connectivity index (χ2v) is 29.9. The molecule has 28 nitrogen and oxygen atoms in total. The zero-order valence-electron chi connectivity index (χ0n) is 62.5. The van der Waals surface area contributed by atoms with E-state index in [1.54, 1.807) is 55.4 Å². The van der Waals surface area contributed by atoms with Crippen molar-refractivity contribution in [3.8, 4) is 37.0 Å². The minimum Gasteiger partial charge on any atom is -0.870 e. The number of hydrogen-bond donors (Lipinski definition) is 4. The summed E-state index contributed by atoms with van der Waals surface area (Å²) >= 11 is 3.26. The zero-order chi connectivity index (χ0) is 72.8. The van der Waals surface area contributed by atoms with Gasteiger partial charge in [-0.2, -0.15) is 0 Å². The van der Waals surface area contributed by atoms with Crippen LogP contribution in [0.25, 0.3) is 20.9 Å². The Morgan fingerprint density at radius 1 is 0.448 bits per heavy atom. The summed E-state index contributed by atoms with van der Waals surface area (Å²) in [6, 6.07) is -1.20. The summed E-state index contributed by atoms with van der Waals surface area (Å²) in [5, 5.41) is 18.5. The van der Waals surface area contributed by atoms with E-state index >= 15 is 0 Å². The quantitative estimate of drug-likeness (QED) is 0.00774. The van der Waals surface area contributed by atoms with E-state index in [9.17, 15) is 38.4 Å². The van der Waals surface area contributed by atoms with Gasteiger partial charge in [0.25, 0.3) is 23.6 Å². The van der Waals surface area contributed by atoms with E-state index in [0.717, 1.165) is 74.8 Å². The molecule has 0 unspecified atom stereocenters. The van der Waals surface area contributed by atoms with Crippen molar-refractivity contribution in [2.75, 3.05) is 174 Å². The predicted molar refractivity (Wildman–Crippen MR) is 379 cm³/mol. The second kappa shape index (κ2) is 47.8. The molecule has 0 aromatic heterocycles. The van der Waals surface area contributed by atoms with Crippen LogP contribution in [0.5, 0.6) is 0 Å². The van der Waals surface area contributed by atoms with E-state index in [2.05, 4.69) is 96.0 Å². The van der Waals surface area contributed by atoms with Crippen molar-refractivity contribution in [1.29, 1.82) is 0 Å². The Labute approximate surface area is 627 Å². The van der Waals surface area contributed by atoms with Crippen molar-refractivity contribution < 1.29 is 113 Å². The number of nitrogens with one attached hydrogen (secondary N) is 4. The molecule has 0 saturated carbocycles. The largest absolute Gasteiger partial charge is 1.00 e. The van der Waals surface area contributed by atoms with Gasteiger partial charge in [-0.25, -0.2) is 19.2 Å². The number of carbonyl (C=O) groups excluding carboxylic acids is 8. The second-order valence-electron chi connectivity index (χ2n) is 29.1. The van der Waals surface area contributed by atoms with Gasteiger partial charge in [-0.05, 0) is 112 Å². The van der Waals surface area contributed by atoms with Crippen molar-refractivity contribution in [1.82, 2.24) is 45.8 Å². The molecular formula is C66H123BrKN19O9+4. The molecule has 540 valence electrons. The van der Waals surface area contributed by atoms with Crippen LogP contribution in [0.3, 0.4) is 0 Å². The van der Waals surface area contributed by atoms with Crippen LogP contribution in [0.4, 0.5) is 19.2 Å². The molecule has 0 atom stereocenters. The number of unbranched alkanes of at least 4 members (excludes halogenated alkanes) is 8. The monoisotopic (exact) mass is 1440 g/mol. The van der Waals surface area contributed by atoms with E-state index in [-0.39, 0.29) is 105 Å². The van der Waals surface area contributed by atoms with Gasteiger partial charge in [0.2, 0.25) is 0 Å². The van der Waals surface area contributed by atoms with E-state index in [4.69, 9.17) is 30.3 Å². The number of azide groups is 2. The Kier molecular flexibility index (Phi) is 48.5. The molecule has 0 aromatic rings. The Hall–Kier alpha value is -5.06. The predicted octanol–water partition coefficient (Wildman–Crippen LogP) is 4.94. The van der Waals surface area contributed by atoms with Gasteiger partial charge in [-0.1, -0.05) is 83.9 Å². The molecular weight excluding hydrogens is 1320 g/mol. The average molecular weight is 1450 g/mol. The summed E-state index contributed by atoms with van der Waals surface area (Å²) in [4.78, 5) is 106. The molecule has 4 rings (SSSR count). The topological polar surface area (TPSA) is 328 Å². The Morgan fingerprint density at radius 3 is 0.927 bits per heavy atom. The van der Waals surface area contributed by atoms with Crippen LogP contribution in [0, 0.1) is 37.0 Å². The Morgan fingerprint density at radius 2 is 0.708 bits per heavy atom. The van der Waals surface area contributed by atoms with Crippen molar-refractivity contribution in [2.24, 2.45) is 10.2 Å². The van der Waals surface area contributed by atoms with Gasteiger partial charge in [0.1, 0.15) is 35.2 Å². The summed E-state index contributed by atoms with van der Waals surface area (Å²) in [5.41, 5.74) is 13.4. The molecule has 0 aromatic carbocycles. The number of amides is 12. The number of hydrogen-bond acceptors (Lipinski definition) is 12. The number of urea groups is 4. The summed E-state index contributed by atoms with van der Waals surface area (Å²) in [6.07, 6.45) is 30.9. The SMILES string of the molecule is C#CCN(C)C.C#CC[N+](C)(C)CCCN1C(=O)NC(C)(C)C1=O.C#CC[N+](C)(C)CCCN1C(=O)NC(C)(C)C1=O.CC1(C)NC(=O)N(CCCBr)C1=O.CC1(C)NC(=O)N(CCC[N+](C)(C)CCN=[N+]=[N-])C1=O.CCCCCCCCCCC[N+](C)(C)CCN=[N+]=[N-].[K+].[OH-]. The molecule has 5 N–H and O–H groups in total. The van der Waals surface area contributed by atoms with Crippen molar-refractivity contribution in [3.63, 3.8) is 0 Å². The number of nitrogens with zero attached hydrogens (tertiary/aromatic N) is 15. The number of terminal acetylenes is 3. The maximum Gasteiger partial charge on any atom is 1.00 e. The van der Waals surface area contributed by atoms with Gasteiger partial charge in [0.05, 0.1) is 115 Å². The number of carbonyl (C=O) groups is 8. The minimum atomic E-state index is -0.803. The van der Waals surface area contributed by atoms with Crippen molar-refractivity contribution in [2.45, 2.75) is 168 Å². The maximum absolute atomic E-state index is 12.0. The third-order valence-electron chi connectivity index (χ3n) is 15.8. The van der Waals surface area contributed by atoms with Crippen LogP contribution in [0.15, 0.2) is 10.2 Å². The van der Waals surface area contributed by atoms with Crippen molar-refractivity contribution in [3.05, 3.63) is 20.9 Å². The molecule has 0 bridgehead atoms. The molecule has 4 aliphatic heterocycles. The molecule has 4 heterocycles. The molecule has 96 heavy (non-hydrogen) atoms. The van der Waals surface area contributed by atoms with Gasteiger partial charge in [-0.3, -0.25) is 43.7 Å². The van der Waals surface area contributed by atoms with Crippen LogP contribution in [-0.2, 0) is 19.2 Å². The van der Waals surface area contributed by atoms with Crippen LogP contribution in [0.2, 0.25) is 0 Å². The number of likely N-dealkylation sites (N-methyl/N-ethyl adjacent to an activating group) is 2. The smallest absolute Gasteiger partial charge is 0.870 e. The fraction of sp³-hybridized carbons (Fsp3) is 0.788. The minimum absolute atomic E-state index is 0. The van der Waals surface area contributed by atoms with Crippen molar-refractivity contribution >= 4 is 63.7 Å². The van der Waals surface area contributed by atoms with E-state index in [0.29, 0.717) is 65.8 Å². The summed E-state index contributed by atoms with van der Waals surface area (Å²) in [7, 11) is 20.5. The van der Waals surface area contributed by atoms with Gasteiger partial charge in [-0.15, -0.1) is 19.3 Å². The standard InChI is InChI=1S/C15H33N4.2C13H21N3O2.C12H22N6O2.C8H13BrN2O2.C5H9N.K.H2O/c1-4-5-6-7-8-9-10-11-12-14-19(2,3)15-13-17-18-16;2*1-6-9-16(4,5)10-7-8-15-11(17)13(2,3)14-12(15)18;1-12(2)10(19)17(11(20)15-12)7-5-8-18(3,4)9-6-14-16-13;1-8(2)6(12)11(5-3-4-9)7(13)10-8;1-4-5-6(2)3;;/h4-15H2,1-3H3;2*1H,7-10H2,2-5H3;5-9H2,1-4H3;3-5H2,1-2H3,(H,10,13);1H,5H2,2-3H3;;1H2/q+1;;;;;;+1;/p+2. The van der Waals surface area contributed by atoms with Crippen LogP contribution in [-0.4, -0.2) is 292 Å². The normalized spacial score (nSPS) is 16.3. The number of alkyl halides is 1. The Bertz CT molecular complexity index is 2590. The first-order chi connectivity index (χ1) is 43.5. The van der Waals surface area contributed by atoms with Gasteiger partial charge < -0.3 is 44.7 Å². The Balaban J connectivity index is -0.000000538. The average Bonchev–Trinajstić information content (AvgIpc) is 1.69. The molecule has 0 radical (unpaired) electrons. The van der Waals surface area contributed by atoms with E-state index in [1.165, 1.54) is 83.9 Å². The third kappa shape index (κ3) is 40.1. The number of rotatable bonds is 34. The van der Waals surface area contributed by atoms with E-state index < -0.39 is 22.2 Å². The van der Waals surface area contributed by atoms with Gasteiger partial charge in [0, 0.05) is 60.6 Å².